The van der Waals surface area contributed by atoms with Gasteiger partial charge in [-0.2, -0.15) is 22.5 Å². The minimum absolute atomic E-state index is 0. The summed E-state index contributed by atoms with van der Waals surface area (Å²) in [6.45, 7) is 10.4. The van der Waals surface area contributed by atoms with E-state index in [-0.39, 0.29) is 42.8 Å². The predicted octanol–water partition coefficient (Wildman–Crippen LogP) is 6.64. The van der Waals surface area contributed by atoms with Gasteiger partial charge in [0.1, 0.15) is 17.1 Å². The number of hydrogen-bond donors (Lipinski definition) is 1. The van der Waals surface area contributed by atoms with Crippen molar-refractivity contribution >= 4 is 21.6 Å². The molecule has 2 fully saturated rings. The number of aromatic nitrogens is 4. The molecule has 3 aliphatic rings. The van der Waals surface area contributed by atoms with Crippen LogP contribution in [0, 0.1) is 19.3 Å². The molecule has 13 nitrogen and oxygen atoms in total. The van der Waals surface area contributed by atoms with Gasteiger partial charge in [-0.3, -0.25) is 14.1 Å². The van der Waals surface area contributed by atoms with Crippen LogP contribution in [-0.4, -0.2) is 99.9 Å². The fourth-order valence-corrected chi connectivity index (χ4v) is 9.63. The van der Waals surface area contributed by atoms with E-state index < -0.39 is 44.9 Å². The Morgan fingerprint density at radius 3 is 2.44 bits per heavy atom. The van der Waals surface area contributed by atoms with Crippen LogP contribution in [0.1, 0.15) is 92.9 Å². The zero-order valence-electron chi connectivity index (χ0n) is 31.9. The van der Waals surface area contributed by atoms with Gasteiger partial charge in [-0.25, -0.2) is 8.42 Å². The topological polar surface area (TPSA) is 149 Å². The van der Waals surface area contributed by atoms with Crippen LogP contribution in [0.25, 0.3) is 5.65 Å². The van der Waals surface area contributed by atoms with Crippen molar-refractivity contribution in [3.63, 3.8) is 0 Å². The van der Waals surface area contributed by atoms with E-state index in [2.05, 4.69) is 20.1 Å². The lowest BCUT2D eigenvalue weighted by Crippen LogP contribution is -2.50. The average Bonchev–Trinajstić information content (AvgIpc) is 3.58. The number of aliphatic carboxylic acids is 1. The Bertz CT molecular complexity index is 2220. The number of benzene rings is 1. The third-order valence-corrected chi connectivity index (χ3v) is 13.3. The number of hydrogen-bond acceptors (Lipinski definition) is 10. The Hall–Kier alpha value is -4.32. The number of carbonyl (C=O) groups is 1. The van der Waals surface area contributed by atoms with E-state index in [1.807, 2.05) is 6.92 Å². The molecule has 7 rings (SSSR count). The second kappa shape index (κ2) is 16.1. The van der Waals surface area contributed by atoms with Crippen LogP contribution in [0.2, 0.25) is 0 Å². The van der Waals surface area contributed by atoms with Gasteiger partial charge in [-0.15, -0.1) is 10.2 Å². The molecule has 1 N–H and O–H groups in total. The number of ether oxygens (including phenoxy) is 3. The summed E-state index contributed by atoms with van der Waals surface area (Å²) in [6, 6.07) is 9.85. The molecule has 0 amide bonds. The molecule has 3 aromatic heterocycles. The summed E-state index contributed by atoms with van der Waals surface area (Å²) < 4.78 is 90.7. The number of rotatable bonds is 10. The van der Waals surface area contributed by atoms with E-state index in [1.54, 1.807) is 45.0 Å². The summed E-state index contributed by atoms with van der Waals surface area (Å²) in [7, 11) is -4.19. The number of halogens is 3. The first-order valence-corrected chi connectivity index (χ1v) is 20.3. The summed E-state index contributed by atoms with van der Waals surface area (Å²) in [6.07, 6.45) is 0.847. The Balaban J connectivity index is 0.00000549. The summed E-state index contributed by atoms with van der Waals surface area (Å²) in [5.74, 6) is -2.94. The Kier molecular flexibility index (Phi) is 12.0. The van der Waals surface area contributed by atoms with Crippen molar-refractivity contribution in [3.05, 3.63) is 76.2 Å². The van der Waals surface area contributed by atoms with Gasteiger partial charge in [0, 0.05) is 44.1 Å². The number of alkyl halides is 3. The number of fused-ring (bicyclic) bond motifs is 2. The lowest BCUT2D eigenvalue weighted by Gasteiger charge is -2.38. The number of carboxylic acids is 1. The minimum atomic E-state index is -4.75. The van der Waals surface area contributed by atoms with Gasteiger partial charge in [0.2, 0.25) is 27.6 Å². The summed E-state index contributed by atoms with van der Waals surface area (Å²) in [4.78, 5) is 19.7. The van der Waals surface area contributed by atoms with Gasteiger partial charge < -0.3 is 19.3 Å². The SMILES string of the molecule is C.Cc1ccc([C@@H](c2ccn3c(C(F)(F)F)nnc3c2C)C(C)(C)C(=O)O)cc1CN1CC2(CCOCC2)Oc2nc(OCCN3CCCCC3)ccc2S1(=O)=O. The zero-order valence-corrected chi connectivity index (χ0v) is 32.7. The van der Waals surface area contributed by atoms with Crippen LogP contribution in [0.3, 0.4) is 0 Å². The van der Waals surface area contributed by atoms with Crippen molar-refractivity contribution in [2.45, 2.75) is 96.4 Å². The van der Waals surface area contributed by atoms with E-state index in [4.69, 9.17) is 14.2 Å². The number of pyridine rings is 2. The highest BCUT2D eigenvalue weighted by Crippen LogP contribution is 2.45. The van der Waals surface area contributed by atoms with Crippen LogP contribution in [-0.2, 0) is 32.3 Å². The van der Waals surface area contributed by atoms with E-state index in [0.29, 0.717) is 54.9 Å². The maximum absolute atomic E-state index is 14.6. The lowest BCUT2D eigenvalue weighted by molar-refractivity contribution is -0.147. The molecule has 17 heteroatoms. The van der Waals surface area contributed by atoms with Crippen LogP contribution < -0.4 is 9.47 Å². The van der Waals surface area contributed by atoms with Gasteiger partial charge in [-0.1, -0.05) is 32.0 Å². The second-order valence-electron chi connectivity index (χ2n) is 15.6. The average molecular weight is 817 g/mol. The largest absolute Gasteiger partial charge is 0.481 e. The standard InChI is InChI=1S/C39H47F3N6O7S.CH4/c1-25-8-9-27(32(37(3,4)36(49)50)29-12-17-48-33(26(29)2)44-45-35(48)39(40,41)42)22-28(25)23-47-24-38(13-19-53-20-14-38)55-34-30(56(47,51)52)10-11-31(43-34)54-21-18-46-15-6-5-7-16-46;/h8-12,17,22,32H,5-7,13-16,18-21,23-24H2,1-4H3,(H,49,50);1H4/t32-;/m0./s1. The van der Waals surface area contributed by atoms with Crippen molar-refractivity contribution in [2.24, 2.45) is 5.41 Å². The van der Waals surface area contributed by atoms with Gasteiger partial charge in [0.25, 0.3) is 0 Å². The molecule has 3 aliphatic heterocycles. The minimum Gasteiger partial charge on any atom is -0.481 e. The monoisotopic (exact) mass is 816 g/mol. The van der Waals surface area contributed by atoms with Crippen molar-refractivity contribution in [1.82, 2.24) is 28.8 Å². The molecular weight excluding hydrogens is 766 g/mol. The molecular formula is C40H51F3N6O7S. The third-order valence-electron chi connectivity index (χ3n) is 11.5. The predicted molar refractivity (Wildman–Crippen MR) is 205 cm³/mol. The fourth-order valence-electron chi connectivity index (χ4n) is 8.09. The Morgan fingerprint density at radius 2 is 1.75 bits per heavy atom. The molecule has 0 saturated carbocycles. The van der Waals surface area contributed by atoms with Gasteiger partial charge >= 0.3 is 12.1 Å². The van der Waals surface area contributed by atoms with Gasteiger partial charge in [-0.05, 0) is 93.6 Å². The molecule has 0 unspecified atom stereocenters. The highest BCUT2D eigenvalue weighted by atomic mass is 32.2. The number of likely N-dealkylation sites (tertiary alicyclic amines) is 1. The smallest absolute Gasteiger partial charge is 0.452 e. The van der Waals surface area contributed by atoms with E-state index in [1.165, 1.54) is 29.1 Å². The van der Waals surface area contributed by atoms with Gasteiger partial charge in [0.15, 0.2) is 5.65 Å². The van der Waals surface area contributed by atoms with Crippen LogP contribution in [0.15, 0.2) is 47.5 Å². The molecule has 2 saturated heterocycles. The molecule has 6 heterocycles. The summed E-state index contributed by atoms with van der Waals surface area (Å²) in [5.41, 5.74) is 0.264. The van der Waals surface area contributed by atoms with E-state index in [9.17, 15) is 31.5 Å². The van der Waals surface area contributed by atoms with Crippen LogP contribution in [0.4, 0.5) is 13.2 Å². The Morgan fingerprint density at radius 1 is 1.04 bits per heavy atom. The van der Waals surface area contributed by atoms with Crippen molar-refractivity contribution < 1.29 is 45.7 Å². The Labute approximate surface area is 331 Å². The molecule has 57 heavy (non-hydrogen) atoms. The zero-order chi connectivity index (χ0) is 40.0. The molecule has 0 aliphatic carbocycles. The summed E-state index contributed by atoms with van der Waals surface area (Å²) >= 11 is 0. The molecule has 1 atom stereocenters. The molecule has 4 aromatic rings. The maximum Gasteiger partial charge on any atom is 0.452 e. The second-order valence-corrected chi connectivity index (χ2v) is 17.5. The molecule has 310 valence electrons. The molecule has 1 spiro atoms. The maximum atomic E-state index is 14.6. The van der Waals surface area contributed by atoms with E-state index in [0.717, 1.165) is 42.4 Å². The van der Waals surface area contributed by atoms with Crippen molar-refractivity contribution in [2.75, 3.05) is 46.0 Å². The molecule has 0 radical (unpaired) electrons. The van der Waals surface area contributed by atoms with Crippen LogP contribution in [0.5, 0.6) is 11.8 Å². The highest BCUT2D eigenvalue weighted by Gasteiger charge is 2.46. The molecule has 1 aromatic carbocycles. The first-order chi connectivity index (χ1) is 26.5. The van der Waals surface area contributed by atoms with Gasteiger partial charge in [0.05, 0.1) is 25.2 Å². The highest BCUT2D eigenvalue weighted by molar-refractivity contribution is 7.89. The van der Waals surface area contributed by atoms with E-state index >= 15 is 0 Å². The lowest BCUT2D eigenvalue weighted by atomic mass is 9.70. The summed E-state index contributed by atoms with van der Waals surface area (Å²) in [5, 5.41) is 17.7. The number of carboxylic acid groups (broad SMARTS) is 1. The van der Waals surface area contributed by atoms with Crippen molar-refractivity contribution in [1.29, 1.82) is 0 Å². The third kappa shape index (κ3) is 8.34. The quantitative estimate of drug-likeness (QED) is 0.184. The number of aryl methyl sites for hydroxylation is 2. The molecule has 0 bridgehead atoms. The first-order valence-electron chi connectivity index (χ1n) is 18.9. The number of piperidine rings is 1. The van der Waals surface area contributed by atoms with Crippen molar-refractivity contribution in [3.8, 4) is 11.8 Å². The first kappa shape index (κ1) is 42.3. The normalized spacial score (nSPS) is 19.3. The van der Waals surface area contributed by atoms with Crippen LogP contribution >= 0.6 is 0 Å². The number of sulfonamides is 1. The number of nitrogens with zero attached hydrogens (tertiary/aromatic N) is 6. The fraction of sp³-hybridized carbons (Fsp3) is 0.550.